The number of tetrazole rings is 1. The Kier molecular flexibility index (Phi) is 4.09. The van der Waals surface area contributed by atoms with Gasteiger partial charge in [-0.1, -0.05) is 18.7 Å². The molecule has 1 aliphatic carbocycles. The van der Waals surface area contributed by atoms with E-state index in [0.717, 1.165) is 11.6 Å². The molecule has 2 aromatic rings. The van der Waals surface area contributed by atoms with Gasteiger partial charge in [-0.25, -0.2) is 4.68 Å². The van der Waals surface area contributed by atoms with Gasteiger partial charge in [0.05, 0.1) is 11.3 Å². The number of aryl methyl sites for hydroxylation is 1. The average molecular weight is 309 g/mol. The van der Waals surface area contributed by atoms with Crippen LogP contribution in [0.2, 0.25) is 0 Å². The van der Waals surface area contributed by atoms with E-state index in [1.165, 1.54) is 23.3 Å². The van der Waals surface area contributed by atoms with Crippen LogP contribution in [-0.2, 0) is 0 Å². The van der Waals surface area contributed by atoms with Crippen molar-refractivity contribution in [3.63, 3.8) is 0 Å². The first-order chi connectivity index (χ1) is 9.70. The van der Waals surface area contributed by atoms with Crippen LogP contribution in [0, 0.1) is 6.92 Å². The lowest BCUT2D eigenvalue weighted by Gasteiger charge is -2.21. The van der Waals surface area contributed by atoms with Gasteiger partial charge >= 0.3 is 0 Å². The summed E-state index contributed by atoms with van der Waals surface area (Å²) in [6.45, 7) is 4.27. The van der Waals surface area contributed by atoms with Crippen molar-refractivity contribution in [1.82, 2.24) is 20.2 Å². The van der Waals surface area contributed by atoms with E-state index in [-0.39, 0.29) is 11.3 Å². The predicted molar refractivity (Wildman–Crippen MR) is 82.0 cm³/mol. The third-order valence-electron chi connectivity index (χ3n) is 3.61. The first-order valence-corrected chi connectivity index (χ1v) is 8.70. The number of nitrogens with zero attached hydrogens (tertiary/aromatic N) is 4. The molecule has 0 saturated heterocycles. The fraction of sp³-hybridized carbons (Fsp3) is 0.615. The summed E-state index contributed by atoms with van der Waals surface area (Å²) in [4.78, 5) is 1.34. The number of thioether (sulfide) groups is 1. The van der Waals surface area contributed by atoms with Gasteiger partial charge in [-0.05, 0) is 53.6 Å². The summed E-state index contributed by atoms with van der Waals surface area (Å²) in [5, 5.41) is 15.4. The normalized spacial score (nSPS) is 18.1. The van der Waals surface area contributed by atoms with E-state index in [9.17, 15) is 0 Å². The van der Waals surface area contributed by atoms with Gasteiger partial charge in [-0.15, -0.1) is 16.4 Å². The van der Waals surface area contributed by atoms with Crippen LogP contribution in [-0.4, -0.2) is 26.2 Å². The van der Waals surface area contributed by atoms with Crippen molar-refractivity contribution in [3.05, 3.63) is 21.9 Å². The molecule has 20 heavy (non-hydrogen) atoms. The molecule has 2 atom stereocenters. The highest BCUT2D eigenvalue weighted by Gasteiger charge is 2.31. The molecule has 1 fully saturated rings. The summed E-state index contributed by atoms with van der Waals surface area (Å²) in [5.41, 5.74) is 7.65. The predicted octanol–water partition coefficient (Wildman–Crippen LogP) is 2.95. The number of rotatable bonds is 6. The van der Waals surface area contributed by atoms with E-state index in [4.69, 9.17) is 5.73 Å². The molecule has 3 rings (SSSR count). The molecule has 0 bridgehead atoms. The molecule has 0 amide bonds. The monoisotopic (exact) mass is 309 g/mol. The van der Waals surface area contributed by atoms with Crippen molar-refractivity contribution >= 4 is 23.1 Å². The van der Waals surface area contributed by atoms with Gasteiger partial charge in [0.1, 0.15) is 0 Å². The van der Waals surface area contributed by atoms with Gasteiger partial charge in [0.25, 0.3) is 0 Å². The Morgan fingerprint density at radius 1 is 1.55 bits per heavy atom. The number of hydrogen-bond donors (Lipinski definition) is 1. The topological polar surface area (TPSA) is 69.6 Å². The lowest BCUT2D eigenvalue weighted by molar-refractivity contribution is 0.561. The summed E-state index contributed by atoms with van der Waals surface area (Å²) >= 11 is 3.48. The summed E-state index contributed by atoms with van der Waals surface area (Å²) in [5.74, 6) is 0. The van der Waals surface area contributed by atoms with E-state index < -0.39 is 0 Å². The Hall–Kier alpha value is -0.920. The van der Waals surface area contributed by atoms with Gasteiger partial charge < -0.3 is 5.73 Å². The van der Waals surface area contributed by atoms with Crippen LogP contribution in [0.5, 0.6) is 0 Å². The van der Waals surface area contributed by atoms with Crippen LogP contribution >= 0.6 is 23.1 Å². The first kappa shape index (κ1) is 14.0. The number of aromatic nitrogens is 4. The van der Waals surface area contributed by atoms with Gasteiger partial charge in [0.2, 0.25) is 5.16 Å². The number of hydrogen-bond acceptors (Lipinski definition) is 6. The third kappa shape index (κ3) is 2.75. The molecule has 2 unspecified atom stereocenters. The highest BCUT2D eigenvalue weighted by atomic mass is 32.2. The molecule has 0 aromatic carbocycles. The van der Waals surface area contributed by atoms with Crippen molar-refractivity contribution in [2.24, 2.45) is 5.73 Å². The Balaban J connectivity index is 1.86. The minimum absolute atomic E-state index is 0.113. The minimum Gasteiger partial charge on any atom is -0.326 e. The highest BCUT2D eigenvalue weighted by Crippen LogP contribution is 2.43. The summed E-state index contributed by atoms with van der Waals surface area (Å²) in [7, 11) is 0. The molecule has 2 heterocycles. The van der Waals surface area contributed by atoms with Crippen LogP contribution in [0.15, 0.2) is 16.6 Å². The lowest BCUT2D eigenvalue weighted by Crippen LogP contribution is -2.25. The Bertz CT molecular complexity index is 575. The standard InChI is InChI=1S/C13H19N5S2/c1-3-10(14)12(11-8(2)6-7-19-11)20-13-15-16-17-18(13)9-4-5-9/h6-7,9-10,12H,3-5,14H2,1-2H3. The van der Waals surface area contributed by atoms with Crippen LogP contribution in [0.1, 0.15) is 47.9 Å². The van der Waals surface area contributed by atoms with Crippen molar-refractivity contribution in [3.8, 4) is 0 Å². The first-order valence-electron chi connectivity index (χ1n) is 6.94. The van der Waals surface area contributed by atoms with Crippen LogP contribution in [0.25, 0.3) is 0 Å². The zero-order chi connectivity index (χ0) is 14.1. The molecule has 7 heteroatoms. The average Bonchev–Trinajstić information content (AvgIpc) is 3.05. The number of nitrogens with two attached hydrogens (primary N) is 1. The molecule has 0 radical (unpaired) electrons. The van der Waals surface area contributed by atoms with E-state index >= 15 is 0 Å². The van der Waals surface area contributed by atoms with Gasteiger partial charge in [0, 0.05) is 10.9 Å². The maximum atomic E-state index is 6.34. The van der Waals surface area contributed by atoms with Crippen LogP contribution in [0.3, 0.4) is 0 Å². The smallest absolute Gasteiger partial charge is 0.210 e. The third-order valence-corrected chi connectivity index (χ3v) is 6.18. The molecule has 1 saturated carbocycles. The second kappa shape index (κ2) is 5.83. The lowest BCUT2D eigenvalue weighted by atomic mass is 10.1. The van der Waals surface area contributed by atoms with Gasteiger partial charge in [0.15, 0.2) is 0 Å². The molecule has 2 N–H and O–H groups in total. The quantitative estimate of drug-likeness (QED) is 0.831. The molecular weight excluding hydrogens is 290 g/mol. The molecule has 5 nitrogen and oxygen atoms in total. The Labute approximate surface area is 126 Å². The maximum absolute atomic E-state index is 6.34. The molecular formula is C13H19N5S2. The SMILES string of the molecule is CCC(N)C(Sc1nnnn1C1CC1)c1sccc1C. The fourth-order valence-corrected chi connectivity index (χ4v) is 4.71. The zero-order valence-electron chi connectivity index (χ0n) is 11.7. The van der Waals surface area contributed by atoms with Crippen LogP contribution in [0.4, 0.5) is 0 Å². The van der Waals surface area contributed by atoms with Crippen molar-refractivity contribution < 1.29 is 0 Å². The van der Waals surface area contributed by atoms with Crippen molar-refractivity contribution in [2.45, 2.75) is 55.6 Å². The van der Waals surface area contributed by atoms with Crippen molar-refractivity contribution in [1.29, 1.82) is 0 Å². The molecule has 0 spiro atoms. The summed E-state index contributed by atoms with van der Waals surface area (Å²) in [6.07, 6.45) is 3.31. The summed E-state index contributed by atoms with van der Waals surface area (Å²) in [6, 6.07) is 2.76. The maximum Gasteiger partial charge on any atom is 0.210 e. The molecule has 1 aliphatic rings. The molecule has 2 aromatic heterocycles. The van der Waals surface area contributed by atoms with E-state index in [1.807, 2.05) is 4.68 Å². The van der Waals surface area contributed by atoms with E-state index in [2.05, 4.69) is 40.8 Å². The number of thiophene rings is 1. The zero-order valence-corrected chi connectivity index (χ0v) is 13.3. The minimum atomic E-state index is 0.113. The van der Waals surface area contributed by atoms with Gasteiger partial charge in [-0.2, -0.15) is 0 Å². The largest absolute Gasteiger partial charge is 0.326 e. The second-order valence-electron chi connectivity index (χ2n) is 5.22. The summed E-state index contributed by atoms with van der Waals surface area (Å²) < 4.78 is 1.96. The Morgan fingerprint density at radius 3 is 2.95 bits per heavy atom. The Morgan fingerprint density at radius 2 is 2.35 bits per heavy atom. The molecule has 108 valence electrons. The van der Waals surface area contributed by atoms with Crippen LogP contribution < -0.4 is 5.73 Å². The van der Waals surface area contributed by atoms with Gasteiger partial charge in [-0.3, -0.25) is 0 Å². The van der Waals surface area contributed by atoms with E-state index in [0.29, 0.717) is 6.04 Å². The molecule has 0 aliphatic heterocycles. The van der Waals surface area contributed by atoms with Crippen molar-refractivity contribution in [2.75, 3.05) is 0 Å². The fourth-order valence-electron chi connectivity index (χ4n) is 2.15. The second-order valence-corrected chi connectivity index (χ2v) is 7.27. The highest BCUT2D eigenvalue weighted by molar-refractivity contribution is 7.99. The van der Waals surface area contributed by atoms with E-state index in [1.54, 1.807) is 23.1 Å².